The van der Waals surface area contributed by atoms with Gasteiger partial charge in [-0.05, 0) is 35.4 Å². The summed E-state index contributed by atoms with van der Waals surface area (Å²) in [7, 11) is 1.78. The van der Waals surface area contributed by atoms with E-state index in [0.717, 1.165) is 63.8 Å². The van der Waals surface area contributed by atoms with Crippen LogP contribution in [-0.2, 0) is 23.1 Å². The van der Waals surface area contributed by atoms with E-state index in [1.165, 1.54) is 23.1 Å². The Morgan fingerprint density at radius 2 is 1.81 bits per heavy atom. The van der Waals surface area contributed by atoms with Crippen molar-refractivity contribution in [1.82, 2.24) is 9.80 Å². The van der Waals surface area contributed by atoms with Gasteiger partial charge < -0.3 is 14.2 Å². The molecular weight excluding hydrogens is 328 g/mol. The van der Waals surface area contributed by atoms with Crippen LogP contribution < -0.4 is 9.47 Å². The largest absolute Gasteiger partial charge is 0.486 e. The van der Waals surface area contributed by atoms with Crippen molar-refractivity contribution in [2.75, 3.05) is 59.7 Å². The summed E-state index contributed by atoms with van der Waals surface area (Å²) in [5.41, 5.74) is 4.60. The second kappa shape index (κ2) is 7.37. The van der Waals surface area contributed by atoms with E-state index in [4.69, 9.17) is 14.2 Å². The Labute approximate surface area is 157 Å². The van der Waals surface area contributed by atoms with Crippen LogP contribution in [0.4, 0.5) is 0 Å². The van der Waals surface area contributed by atoms with Gasteiger partial charge in [-0.1, -0.05) is 13.8 Å². The van der Waals surface area contributed by atoms with Crippen molar-refractivity contribution in [3.8, 4) is 11.5 Å². The number of ether oxygens (including phenoxy) is 3. The van der Waals surface area contributed by atoms with Crippen LogP contribution in [0.25, 0.3) is 0 Å². The van der Waals surface area contributed by atoms with Crippen LogP contribution in [0.2, 0.25) is 0 Å². The molecule has 0 atom stereocenters. The monoisotopic (exact) mass is 360 g/mol. The molecule has 1 aromatic rings. The highest BCUT2D eigenvalue weighted by Crippen LogP contribution is 2.48. The molecule has 1 fully saturated rings. The van der Waals surface area contributed by atoms with E-state index >= 15 is 0 Å². The Morgan fingerprint density at radius 1 is 1.08 bits per heavy atom. The average Bonchev–Trinajstić information content (AvgIpc) is 2.96. The SMILES string of the molecule is COCCN1CCN(Cc2c3c(cc4c2OCCO4)C(C)(C)CC3)CC1. The molecule has 0 amide bonds. The van der Waals surface area contributed by atoms with E-state index in [9.17, 15) is 0 Å². The van der Waals surface area contributed by atoms with Crippen LogP contribution in [0.5, 0.6) is 11.5 Å². The lowest BCUT2D eigenvalue weighted by Crippen LogP contribution is -2.46. The first-order valence-electron chi connectivity index (χ1n) is 9.97. The van der Waals surface area contributed by atoms with Gasteiger partial charge in [-0.15, -0.1) is 0 Å². The van der Waals surface area contributed by atoms with E-state index in [1.807, 2.05) is 0 Å². The molecule has 0 N–H and O–H groups in total. The summed E-state index contributed by atoms with van der Waals surface area (Å²) >= 11 is 0. The summed E-state index contributed by atoms with van der Waals surface area (Å²) in [5, 5.41) is 0. The highest BCUT2D eigenvalue weighted by Gasteiger charge is 2.35. The van der Waals surface area contributed by atoms with Crippen molar-refractivity contribution >= 4 is 0 Å². The van der Waals surface area contributed by atoms with E-state index in [-0.39, 0.29) is 5.41 Å². The zero-order valence-corrected chi connectivity index (χ0v) is 16.5. The van der Waals surface area contributed by atoms with Gasteiger partial charge in [0.2, 0.25) is 0 Å². The van der Waals surface area contributed by atoms with Crippen LogP contribution in [-0.4, -0.2) is 69.5 Å². The minimum Gasteiger partial charge on any atom is -0.486 e. The summed E-state index contributed by atoms with van der Waals surface area (Å²) < 4.78 is 17.3. The Kier molecular flexibility index (Phi) is 5.13. The number of benzene rings is 1. The maximum atomic E-state index is 6.09. The lowest BCUT2D eigenvalue weighted by atomic mass is 9.85. The number of nitrogens with zero attached hydrogens (tertiary/aromatic N) is 2. The zero-order chi connectivity index (χ0) is 18.1. The summed E-state index contributed by atoms with van der Waals surface area (Å²) in [5.74, 6) is 1.97. The van der Waals surface area contributed by atoms with Crippen molar-refractivity contribution in [3.05, 3.63) is 22.8 Å². The van der Waals surface area contributed by atoms with Gasteiger partial charge in [0, 0.05) is 51.9 Å². The molecule has 1 aliphatic carbocycles. The van der Waals surface area contributed by atoms with Crippen LogP contribution in [0, 0.1) is 0 Å². The fraction of sp³-hybridized carbons (Fsp3) is 0.714. The van der Waals surface area contributed by atoms with Gasteiger partial charge in [0.1, 0.15) is 13.2 Å². The second-order valence-electron chi connectivity index (χ2n) is 8.40. The maximum absolute atomic E-state index is 6.09. The fourth-order valence-corrected chi connectivity index (χ4v) is 4.54. The van der Waals surface area contributed by atoms with Gasteiger partial charge >= 0.3 is 0 Å². The molecular formula is C21H32N2O3. The number of hydrogen-bond acceptors (Lipinski definition) is 5. The molecule has 0 bridgehead atoms. The normalized spacial score (nSPS) is 22.4. The number of piperazine rings is 1. The molecule has 0 radical (unpaired) electrons. The molecule has 2 heterocycles. The predicted octanol–water partition coefficient (Wildman–Crippen LogP) is 2.45. The molecule has 0 aromatic heterocycles. The van der Waals surface area contributed by atoms with Gasteiger partial charge in [0.15, 0.2) is 11.5 Å². The summed E-state index contributed by atoms with van der Waals surface area (Å²) in [6, 6.07) is 2.25. The smallest absolute Gasteiger partial charge is 0.166 e. The van der Waals surface area contributed by atoms with Crippen molar-refractivity contribution in [2.24, 2.45) is 0 Å². The van der Waals surface area contributed by atoms with Crippen LogP contribution in [0.15, 0.2) is 6.07 Å². The summed E-state index contributed by atoms with van der Waals surface area (Å²) in [6.45, 7) is 13.3. The van der Waals surface area contributed by atoms with Gasteiger partial charge in [0.05, 0.1) is 6.61 Å². The van der Waals surface area contributed by atoms with Crippen molar-refractivity contribution in [3.63, 3.8) is 0 Å². The first-order chi connectivity index (χ1) is 12.6. The highest BCUT2D eigenvalue weighted by atomic mass is 16.6. The number of fused-ring (bicyclic) bond motifs is 2. The minimum absolute atomic E-state index is 0.235. The Bertz CT molecular complexity index is 651. The van der Waals surface area contributed by atoms with Crippen molar-refractivity contribution in [2.45, 2.75) is 38.6 Å². The van der Waals surface area contributed by atoms with Crippen LogP contribution in [0.1, 0.15) is 37.0 Å². The molecule has 1 aromatic carbocycles. The third kappa shape index (κ3) is 3.45. The maximum Gasteiger partial charge on any atom is 0.166 e. The lowest BCUT2D eigenvalue weighted by molar-refractivity contribution is 0.0923. The Hall–Kier alpha value is -1.30. The number of hydrogen-bond donors (Lipinski definition) is 0. The zero-order valence-electron chi connectivity index (χ0n) is 16.5. The van der Waals surface area contributed by atoms with E-state index < -0.39 is 0 Å². The summed E-state index contributed by atoms with van der Waals surface area (Å²) in [6.07, 6.45) is 2.37. The van der Waals surface area contributed by atoms with E-state index in [1.54, 1.807) is 7.11 Å². The fourth-order valence-electron chi connectivity index (χ4n) is 4.54. The first-order valence-corrected chi connectivity index (χ1v) is 9.97. The lowest BCUT2D eigenvalue weighted by Gasteiger charge is -2.35. The molecule has 0 unspecified atom stereocenters. The molecule has 5 nitrogen and oxygen atoms in total. The molecule has 4 rings (SSSR count). The van der Waals surface area contributed by atoms with Crippen LogP contribution >= 0.6 is 0 Å². The molecule has 0 spiro atoms. The van der Waals surface area contributed by atoms with Gasteiger partial charge in [-0.2, -0.15) is 0 Å². The van der Waals surface area contributed by atoms with Crippen LogP contribution in [0.3, 0.4) is 0 Å². The number of methoxy groups -OCH3 is 1. The standard InChI is InChI=1S/C21H32N2O3/c1-21(2)5-4-16-17(20-19(14-18(16)21)25-12-13-26-20)15-23-8-6-22(7-9-23)10-11-24-3/h14H,4-13,15H2,1-3H3. The minimum atomic E-state index is 0.235. The average molecular weight is 360 g/mol. The van der Waals surface area contributed by atoms with Crippen molar-refractivity contribution < 1.29 is 14.2 Å². The Balaban J connectivity index is 1.54. The third-order valence-corrected chi connectivity index (χ3v) is 6.24. The van der Waals surface area contributed by atoms with E-state index in [2.05, 4.69) is 29.7 Å². The quantitative estimate of drug-likeness (QED) is 0.806. The molecule has 144 valence electrons. The van der Waals surface area contributed by atoms with Gasteiger partial charge in [0.25, 0.3) is 0 Å². The molecule has 26 heavy (non-hydrogen) atoms. The highest BCUT2D eigenvalue weighted by molar-refractivity contribution is 5.58. The topological polar surface area (TPSA) is 34.2 Å². The third-order valence-electron chi connectivity index (χ3n) is 6.24. The predicted molar refractivity (Wildman–Crippen MR) is 102 cm³/mol. The molecule has 2 aliphatic heterocycles. The van der Waals surface area contributed by atoms with E-state index in [0.29, 0.717) is 13.2 Å². The first kappa shape index (κ1) is 18.1. The second-order valence-corrected chi connectivity index (χ2v) is 8.40. The number of rotatable bonds is 5. The van der Waals surface area contributed by atoms with Crippen molar-refractivity contribution in [1.29, 1.82) is 0 Å². The summed E-state index contributed by atoms with van der Waals surface area (Å²) in [4.78, 5) is 5.07. The molecule has 3 aliphatic rings. The van der Waals surface area contributed by atoms with Gasteiger partial charge in [-0.25, -0.2) is 0 Å². The van der Waals surface area contributed by atoms with Gasteiger partial charge in [-0.3, -0.25) is 9.80 Å². The molecule has 5 heteroatoms. The molecule has 0 saturated carbocycles. The Morgan fingerprint density at radius 3 is 2.58 bits per heavy atom. The molecule has 1 saturated heterocycles.